The molecular weight excluding hydrogens is 549 g/mol. The van der Waals surface area contributed by atoms with Gasteiger partial charge >= 0.3 is 6.18 Å². The smallest absolute Gasteiger partial charge is 0.416 e. The van der Waals surface area contributed by atoms with E-state index >= 15 is 0 Å². The fourth-order valence-electron chi connectivity index (χ4n) is 3.87. The Kier molecular flexibility index (Phi) is 7.90. The molecule has 0 unspecified atom stereocenters. The molecule has 1 amide bonds. The van der Waals surface area contributed by atoms with Crippen molar-refractivity contribution in [3.63, 3.8) is 0 Å². The quantitative estimate of drug-likeness (QED) is 0.192. The number of aliphatic hydroxyl groups is 1. The Balaban J connectivity index is 1.77. The largest absolute Gasteiger partial charge is 0.494 e. The van der Waals surface area contributed by atoms with E-state index in [2.05, 4.69) is 27.2 Å². The molecular formula is C28H24ClF3N4O4. The SMILES string of the molecule is C=CC(=O)Nc1cc2c(Nc3cc(Cl)c(Oc4cccc(C(F)(F)F)c4)cc3C(C)(C)O)ncnc2cc1OC. The molecule has 0 aliphatic rings. The molecule has 12 heteroatoms. The number of carbonyl (C=O) groups excluding carboxylic acids is 1. The van der Waals surface area contributed by atoms with Gasteiger partial charge in [-0.3, -0.25) is 4.79 Å². The second-order valence-electron chi connectivity index (χ2n) is 9.13. The first-order valence-corrected chi connectivity index (χ1v) is 12.1. The van der Waals surface area contributed by atoms with Gasteiger partial charge in [0, 0.05) is 22.7 Å². The Morgan fingerprint density at radius 2 is 1.82 bits per heavy atom. The topological polar surface area (TPSA) is 106 Å². The molecule has 0 spiro atoms. The van der Waals surface area contributed by atoms with Crippen molar-refractivity contribution < 1.29 is 32.5 Å². The van der Waals surface area contributed by atoms with E-state index in [0.29, 0.717) is 39.4 Å². The van der Waals surface area contributed by atoms with E-state index in [4.69, 9.17) is 21.1 Å². The average Bonchev–Trinajstić information content (AvgIpc) is 2.89. The monoisotopic (exact) mass is 572 g/mol. The minimum Gasteiger partial charge on any atom is -0.494 e. The van der Waals surface area contributed by atoms with E-state index in [0.717, 1.165) is 18.2 Å². The first-order valence-electron chi connectivity index (χ1n) is 11.7. The zero-order chi connectivity index (χ0) is 29.2. The normalized spacial score (nSPS) is 11.7. The minimum atomic E-state index is -4.55. The van der Waals surface area contributed by atoms with Gasteiger partial charge in [0.1, 0.15) is 29.4 Å². The summed E-state index contributed by atoms with van der Waals surface area (Å²) in [7, 11) is 1.45. The predicted octanol–water partition coefficient (Wildman–Crippen LogP) is 7.20. The lowest BCUT2D eigenvalue weighted by Gasteiger charge is -2.24. The van der Waals surface area contributed by atoms with Crippen LogP contribution in [-0.4, -0.2) is 28.1 Å². The van der Waals surface area contributed by atoms with Crippen LogP contribution >= 0.6 is 11.6 Å². The van der Waals surface area contributed by atoms with Crippen LogP contribution in [0.1, 0.15) is 25.0 Å². The summed E-state index contributed by atoms with van der Waals surface area (Å²) in [4.78, 5) is 20.5. The number of nitrogens with one attached hydrogen (secondary N) is 2. The Hall–Kier alpha value is -4.35. The molecule has 3 aromatic carbocycles. The molecule has 4 aromatic rings. The molecule has 0 atom stereocenters. The summed E-state index contributed by atoms with van der Waals surface area (Å²) in [5.74, 6) is 0.189. The molecule has 0 aliphatic carbocycles. The van der Waals surface area contributed by atoms with Crippen molar-refractivity contribution in [3.8, 4) is 17.2 Å². The number of hydrogen-bond donors (Lipinski definition) is 3. The van der Waals surface area contributed by atoms with Gasteiger partial charge in [0.25, 0.3) is 0 Å². The van der Waals surface area contributed by atoms with Crippen molar-refractivity contribution in [2.45, 2.75) is 25.6 Å². The number of anilines is 3. The number of amides is 1. The maximum Gasteiger partial charge on any atom is 0.416 e. The standard InChI is InChI=1S/C28H24ClF3N4O4/c1-5-25(37)35-22-10-17-20(13-24(22)39-4)33-14-34-26(17)36-21-12-19(29)23(11-18(21)27(2,3)38)40-16-8-6-7-15(9-16)28(30,31)32/h5-14,38H,1H2,2-4H3,(H,35,37)(H,33,34,36). The molecule has 0 saturated heterocycles. The fraction of sp³-hybridized carbons (Fsp3) is 0.179. The average molecular weight is 573 g/mol. The zero-order valence-corrected chi connectivity index (χ0v) is 22.3. The molecule has 0 bridgehead atoms. The van der Waals surface area contributed by atoms with E-state index in [1.807, 2.05) is 0 Å². The predicted molar refractivity (Wildman–Crippen MR) is 146 cm³/mol. The molecule has 0 saturated carbocycles. The number of nitrogens with zero attached hydrogens (tertiary/aromatic N) is 2. The molecule has 3 N–H and O–H groups in total. The second-order valence-corrected chi connectivity index (χ2v) is 9.53. The highest BCUT2D eigenvalue weighted by Crippen LogP contribution is 2.41. The molecule has 0 aliphatic heterocycles. The summed E-state index contributed by atoms with van der Waals surface area (Å²) in [5, 5.41) is 17.3. The number of benzene rings is 3. The van der Waals surface area contributed by atoms with Crippen molar-refractivity contribution >= 4 is 45.6 Å². The molecule has 40 heavy (non-hydrogen) atoms. The number of aromatic nitrogens is 2. The highest BCUT2D eigenvalue weighted by Gasteiger charge is 2.31. The second kappa shape index (κ2) is 11.0. The Morgan fingerprint density at radius 3 is 2.48 bits per heavy atom. The number of fused-ring (bicyclic) bond motifs is 1. The van der Waals surface area contributed by atoms with Gasteiger partial charge in [0.15, 0.2) is 0 Å². The first-order chi connectivity index (χ1) is 18.8. The van der Waals surface area contributed by atoms with E-state index in [9.17, 15) is 23.1 Å². The van der Waals surface area contributed by atoms with Crippen LogP contribution in [0.2, 0.25) is 5.02 Å². The number of hydrogen-bond acceptors (Lipinski definition) is 7. The fourth-order valence-corrected chi connectivity index (χ4v) is 4.07. The maximum atomic E-state index is 13.2. The van der Waals surface area contributed by atoms with Gasteiger partial charge in [-0.25, -0.2) is 9.97 Å². The van der Waals surface area contributed by atoms with Crippen LogP contribution in [0.25, 0.3) is 10.9 Å². The summed E-state index contributed by atoms with van der Waals surface area (Å²) in [6, 6.07) is 10.5. The van der Waals surface area contributed by atoms with Crippen molar-refractivity contribution in [1.82, 2.24) is 9.97 Å². The number of halogens is 4. The lowest BCUT2D eigenvalue weighted by Crippen LogP contribution is -2.18. The van der Waals surface area contributed by atoms with Gasteiger partial charge in [-0.2, -0.15) is 13.2 Å². The van der Waals surface area contributed by atoms with Crippen molar-refractivity contribution in [1.29, 1.82) is 0 Å². The molecule has 8 nitrogen and oxygen atoms in total. The third-order valence-corrected chi connectivity index (χ3v) is 6.07. The van der Waals surface area contributed by atoms with Gasteiger partial charge in [0.2, 0.25) is 5.91 Å². The van der Waals surface area contributed by atoms with Gasteiger partial charge in [-0.15, -0.1) is 0 Å². The number of methoxy groups -OCH3 is 1. The Morgan fingerprint density at radius 1 is 1.07 bits per heavy atom. The summed E-state index contributed by atoms with van der Waals surface area (Å²) in [6.45, 7) is 6.51. The van der Waals surface area contributed by atoms with Gasteiger partial charge < -0.3 is 25.2 Å². The summed E-state index contributed by atoms with van der Waals surface area (Å²) in [6.07, 6.45) is -2.11. The van der Waals surface area contributed by atoms with E-state index in [1.54, 1.807) is 12.1 Å². The van der Waals surface area contributed by atoms with Crippen molar-refractivity contribution in [2.24, 2.45) is 0 Å². The number of rotatable bonds is 8. The van der Waals surface area contributed by atoms with Crippen LogP contribution in [-0.2, 0) is 16.6 Å². The van der Waals surface area contributed by atoms with Gasteiger partial charge in [-0.05, 0) is 56.3 Å². The molecule has 208 valence electrons. The van der Waals surface area contributed by atoms with Crippen LogP contribution in [0.4, 0.5) is 30.4 Å². The lowest BCUT2D eigenvalue weighted by atomic mass is 9.96. The number of ether oxygens (including phenoxy) is 2. The van der Waals surface area contributed by atoms with Crippen molar-refractivity contribution in [2.75, 3.05) is 17.7 Å². The van der Waals surface area contributed by atoms with E-state index < -0.39 is 23.2 Å². The Labute approximate surface area is 232 Å². The minimum absolute atomic E-state index is 0.0374. The van der Waals surface area contributed by atoms with E-state index in [-0.39, 0.29) is 16.5 Å². The number of carbonyl (C=O) groups is 1. The van der Waals surface area contributed by atoms with E-state index in [1.165, 1.54) is 51.6 Å². The van der Waals surface area contributed by atoms with Crippen LogP contribution in [0.3, 0.4) is 0 Å². The summed E-state index contributed by atoms with van der Waals surface area (Å²) in [5.41, 5.74) is -0.804. The lowest BCUT2D eigenvalue weighted by molar-refractivity contribution is -0.137. The maximum absolute atomic E-state index is 13.2. The molecule has 1 aromatic heterocycles. The summed E-state index contributed by atoms with van der Waals surface area (Å²) < 4.78 is 50.5. The van der Waals surface area contributed by atoms with Crippen molar-refractivity contribution in [3.05, 3.63) is 83.7 Å². The number of alkyl halides is 3. The first kappa shape index (κ1) is 28.7. The van der Waals surface area contributed by atoms with Crippen LogP contribution in [0.5, 0.6) is 17.2 Å². The third-order valence-electron chi connectivity index (χ3n) is 5.77. The van der Waals surface area contributed by atoms with Crippen LogP contribution in [0, 0.1) is 0 Å². The molecule has 0 fully saturated rings. The molecule has 1 heterocycles. The third kappa shape index (κ3) is 6.27. The zero-order valence-electron chi connectivity index (χ0n) is 21.6. The van der Waals surface area contributed by atoms with Gasteiger partial charge in [0.05, 0.1) is 34.5 Å². The van der Waals surface area contributed by atoms with Crippen LogP contribution < -0.4 is 20.1 Å². The molecule has 4 rings (SSSR count). The highest BCUT2D eigenvalue weighted by molar-refractivity contribution is 6.32. The van der Waals surface area contributed by atoms with Gasteiger partial charge in [-0.1, -0.05) is 24.2 Å². The molecule has 0 radical (unpaired) electrons. The summed E-state index contributed by atoms with van der Waals surface area (Å²) >= 11 is 6.48. The Bertz CT molecular complexity index is 1600. The van der Waals surface area contributed by atoms with Crippen LogP contribution in [0.15, 0.2) is 67.5 Å². The highest BCUT2D eigenvalue weighted by atomic mass is 35.5.